The highest BCUT2D eigenvalue weighted by Crippen LogP contribution is 2.17. The molecule has 0 aliphatic heterocycles. The van der Waals surface area contributed by atoms with Gasteiger partial charge in [-0.05, 0) is 12.1 Å². The smallest absolute Gasteiger partial charge is 0.255 e. The average molecular weight is 267 g/mol. The minimum atomic E-state index is -0.626. The number of benzene rings is 1. The molecular formula is C13H18FN3O2. The predicted octanol–water partition coefficient (Wildman–Crippen LogP) is 0.862. The third-order valence-electron chi connectivity index (χ3n) is 2.87. The third-order valence-corrected chi connectivity index (χ3v) is 2.87. The van der Waals surface area contributed by atoms with Crippen LogP contribution >= 0.6 is 0 Å². The molecule has 6 heteroatoms. The highest BCUT2D eigenvalue weighted by Gasteiger charge is 2.20. The molecule has 1 rings (SSSR count). The number of nitrogens with two attached hydrogens (primary N) is 1. The van der Waals surface area contributed by atoms with E-state index in [-0.39, 0.29) is 29.6 Å². The van der Waals surface area contributed by atoms with E-state index in [1.54, 1.807) is 14.0 Å². The fourth-order valence-corrected chi connectivity index (χ4v) is 1.75. The zero-order valence-electron chi connectivity index (χ0n) is 11.2. The minimum Gasteiger partial charge on any atom is -0.396 e. The normalized spacial score (nSPS) is 11.8. The Hall–Kier alpha value is -2.11. The number of carbonyl (C=O) groups excluding carboxylic acids is 2. The summed E-state index contributed by atoms with van der Waals surface area (Å²) in [6.45, 7) is 1.94. The van der Waals surface area contributed by atoms with E-state index in [0.717, 1.165) is 0 Å². The molecule has 0 saturated carbocycles. The Labute approximate surface area is 111 Å². The fraction of sp³-hybridized carbons (Fsp3) is 0.385. The first-order chi connectivity index (χ1) is 8.88. The average Bonchev–Trinajstić information content (AvgIpc) is 2.39. The molecular weight excluding hydrogens is 249 g/mol. The summed E-state index contributed by atoms with van der Waals surface area (Å²) in [5.41, 5.74) is 5.47. The number of para-hydroxylation sites is 1. The van der Waals surface area contributed by atoms with Crippen molar-refractivity contribution >= 4 is 17.5 Å². The molecule has 19 heavy (non-hydrogen) atoms. The third kappa shape index (κ3) is 3.43. The van der Waals surface area contributed by atoms with Gasteiger partial charge < -0.3 is 16.0 Å². The lowest BCUT2D eigenvalue weighted by molar-refractivity contribution is -0.124. The van der Waals surface area contributed by atoms with Gasteiger partial charge in [-0.15, -0.1) is 0 Å². The molecule has 104 valence electrons. The van der Waals surface area contributed by atoms with Crippen LogP contribution in [-0.2, 0) is 4.79 Å². The molecule has 0 fully saturated rings. The van der Waals surface area contributed by atoms with Gasteiger partial charge in [0.2, 0.25) is 5.91 Å². The van der Waals surface area contributed by atoms with Crippen LogP contribution in [0.2, 0.25) is 0 Å². The zero-order chi connectivity index (χ0) is 14.6. The van der Waals surface area contributed by atoms with Crippen molar-refractivity contribution < 1.29 is 14.0 Å². The van der Waals surface area contributed by atoms with E-state index in [1.165, 1.54) is 30.1 Å². The Morgan fingerprint density at radius 2 is 2.11 bits per heavy atom. The first-order valence-electron chi connectivity index (χ1n) is 5.89. The van der Waals surface area contributed by atoms with Gasteiger partial charge in [0.05, 0.1) is 17.2 Å². The van der Waals surface area contributed by atoms with Gasteiger partial charge in [0.1, 0.15) is 5.82 Å². The molecule has 0 aliphatic carbocycles. The number of rotatable bonds is 4. The van der Waals surface area contributed by atoms with Gasteiger partial charge in [0.25, 0.3) is 5.91 Å². The van der Waals surface area contributed by atoms with E-state index in [2.05, 4.69) is 5.32 Å². The van der Waals surface area contributed by atoms with Crippen LogP contribution in [0, 0.1) is 11.7 Å². The number of amides is 2. The summed E-state index contributed by atoms with van der Waals surface area (Å²) in [5.74, 6) is -1.55. The SMILES string of the molecule is CNC(=O)C(C)CN(C)C(=O)c1cccc(F)c1N. The summed E-state index contributed by atoms with van der Waals surface area (Å²) in [4.78, 5) is 24.9. The number of anilines is 1. The van der Waals surface area contributed by atoms with Crippen molar-refractivity contribution in [1.29, 1.82) is 0 Å². The minimum absolute atomic E-state index is 0.103. The van der Waals surface area contributed by atoms with Crippen molar-refractivity contribution in [2.45, 2.75) is 6.92 Å². The predicted molar refractivity (Wildman–Crippen MR) is 71.0 cm³/mol. The number of nitrogens with zero attached hydrogens (tertiary/aromatic N) is 1. The lowest BCUT2D eigenvalue weighted by atomic mass is 10.1. The highest BCUT2D eigenvalue weighted by molar-refractivity contribution is 5.99. The number of hydrogen-bond donors (Lipinski definition) is 2. The van der Waals surface area contributed by atoms with Crippen molar-refractivity contribution in [2.75, 3.05) is 26.4 Å². The molecule has 1 aromatic carbocycles. The van der Waals surface area contributed by atoms with E-state index in [4.69, 9.17) is 5.73 Å². The molecule has 0 aromatic heterocycles. The number of nitrogens with one attached hydrogen (secondary N) is 1. The summed E-state index contributed by atoms with van der Waals surface area (Å²) >= 11 is 0. The van der Waals surface area contributed by atoms with Crippen molar-refractivity contribution in [3.8, 4) is 0 Å². The molecule has 1 unspecified atom stereocenters. The maximum absolute atomic E-state index is 13.3. The van der Waals surface area contributed by atoms with Crippen molar-refractivity contribution in [2.24, 2.45) is 5.92 Å². The Balaban J connectivity index is 2.83. The van der Waals surface area contributed by atoms with Gasteiger partial charge >= 0.3 is 0 Å². The summed E-state index contributed by atoms with van der Waals surface area (Å²) in [7, 11) is 3.08. The fourth-order valence-electron chi connectivity index (χ4n) is 1.75. The summed E-state index contributed by atoms with van der Waals surface area (Å²) in [6.07, 6.45) is 0. The van der Waals surface area contributed by atoms with Crippen LogP contribution in [0.3, 0.4) is 0 Å². The van der Waals surface area contributed by atoms with Crippen LogP contribution in [0.1, 0.15) is 17.3 Å². The van der Waals surface area contributed by atoms with Crippen LogP contribution in [-0.4, -0.2) is 37.4 Å². The van der Waals surface area contributed by atoms with E-state index >= 15 is 0 Å². The van der Waals surface area contributed by atoms with Gasteiger partial charge in [0, 0.05) is 20.6 Å². The number of hydrogen-bond acceptors (Lipinski definition) is 3. The van der Waals surface area contributed by atoms with Gasteiger partial charge in [-0.3, -0.25) is 9.59 Å². The quantitative estimate of drug-likeness (QED) is 0.795. The number of halogens is 1. The summed E-state index contributed by atoms with van der Waals surface area (Å²) < 4.78 is 13.3. The molecule has 0 bridgehead atoms. The summed E-state index contributed by atoms with van der Waals surface area (Å²) in [5, 5.41) is 2.51. The van der Waals surface area contributed by atoms with E-state index in [1.807, 2.05) is 0 Å². The summed E-state index contributed by atoms with van der Waals surface area (Å²) in [6, 6.07) is 4.08. The van der Waals surface area contributed by atoms with Crippen molar-refractivity contribution in [3.05, 3.63) is 29.6 Å². The topological polar surface area (TPSA) is 75.4 Å². The standard InChI is InChI=1S/C13H18FN3O2/c1-8(12(18)16-2)7-17(3)13(19)9-5-4-6-10(14)11(9)15/h4-6,8H,7,15H2,1-3H3,(H,16,18). The van der Waals surface area contributed by atoms with Gasteiger partial charge in [-0.2, -0.15) is 0 Å². The van der Waals surface area contributed by atoms with E-state index in [0.29, 0.717) is 0 Å². The Morgan fingerprint density at radius 3 is 2.68 bits per heavy atom. The van der Waals surface area contributed by atoms with Gasteiger partial charge in [0.15, 0.2) is 0 Å². The van der Waals surface area contributed by atoms with Crippen LogP contribution in [0.15, 0.2) is 18.2 Å². The van der Waals surface area contributed by atoms with E-state index < -0.39 is 11.7 Å². The van der Waals surface area contributed by atoms with Crippen molar-refractivity contribution in [3.63, 3.8) is 0 Å². The lowest BCUT2D eigenvalue weighted by Crippen LogP contribution is -2.37. The molecule has 0 aliphatic rings. The number of nitrogen functional groups attached to an aromatic ring is 1. The molecule has 1 atom stereocenters. The maximum Gasteiger partial charge on any atom is 0.255 e. The molecule has 2 amide bonds. The molecule has 1 aromatic rings. The van der Waals surface area contributed by atoms with Gasteiger partial charge in [-0.25, -0.2) is 4.39 Å². The van der Waals surface area contributed by atoms with Crippen LogP contribution in [0.4, 0.5) is 10.1 Å². The Kier molecular flexibility index (Phi) is 4.86. The van der Waals surface area contributed by atoms with Crippen LogP contribution in [0.5, 0.6) is 0 Å². The molecule has 0 spiro atoms. The van der Waals surface area contributed by atoms with Crippen molar-refractivity contribution in [1.82, 2.24) is 10.2 Å². The molecule has 5 nitrogen and oxygen atoms in total. The molecule has 3 N–H and O–H groups in total. The van der Waals surface area contributed by atoms with Gasteiger partial charge in [-0.1, -0.05) is 13.0 Å². The van der Waals surface area contributed by atoms with Crippen LogP contribution < -0.4 is 11.1 Å². The highest BCUT2D eigenvalue weighted by atomic mass is 19.1. The zero-order valence-corrected chi connectivity index (χ0v) is 11.2. The Morgan fingerprint density at radius 1 is 1.47 bits per heavy atom. The largest absolute Gasteiger partial charge is 0.396 e. The Bertz CT molecular complexity index is 491. The molecule has 0 radical (unpaired) electrons. The first-order valence-corrected chi connectivity index (χ1v) is 5.89. The first kappa shape index (κ1) is 14.9. The monoisotopic (exact) mass is 267 g/mol. The van der Waals surface area contributed by atoms with Crippen LogP contribution in [0.25, 0.3) is 0 Å². The maximum atomic E-state index is 13.3. The lowest BCUT2D eigenvalue weighted by Gasteiger charge is -2.21. The second kappa shape index (κ2) is 6.17. The van der Waals surface area contributed by atoms with E-state index in [9.17, 15) is 14.0 Å². The number of carbonyl (C=O) groups is 2. The second-order valence-electron chi connectivity index (χ2n) is 4.40. The molecule has 0 heterocycles. The molecule has 0 saturated heterocycles. The second-order valence-corrected chi connectivity index (χ2v) is 4.40.